The van der Waals surface area contributed by atoms with Gasteiger partial charge in [0.1, 0.15) is 23.2 Å². The number of carbonyl (C=O) groups excluding carboxylic acids is 1. The van der Waals surface area contributed by atoms with Gasteiger partial charge in [-0.05, 0) is 30.7 Å². The molecule has 0 aliphatic rings. The standard InChI is InChI=1S/C18H18ClFN4O/c1-11-4-5-13(20)16(19)17(11)22-18-12-7-9-24(10-15(25)23(2)3)14(12)6-8-21-18/h4-9H,10H2,1-3H3,(H,21,22). The summed E-state index contributed by atoms with van der Waals surface area (Å²) in [5.74, 6) is 0.0630. The third kappa shape index (κ3) is 3.30. The van der Waals surface area contributed by atoms with Gasteiger partial charge in [0.2, 0.25) is 5.91 Å². The number of hydrogen-bond acceptors (Lipinski definition) is 3. The molecule has 0 radical (unpaired) electrons. The van der Waals surface area contributed by atoms with Crippen molar-refractivity contribution in [2.45, 2.75) is 13.5 Å². The summed E-state index contributed by atoms with van der Waals surface area (Å²) >= 11 is 6.09. The molecule has 0 aliphatic carbocycles. The van der Waals surface area contributed by atoms with Crippen LogP contribution in [-0.2, 0) is 11.3 Å². The summed E-state index contributed by atoms with van der Waals surface area (Å²) in [6.45, 7) is 2.08. The number of halogens is 2. The van der Waals surface area contributed by atoms with Gasteiger partial charge in [0.05, 0.1) is 11.2 Å². The largest absolute Gasteiger partial charge is 0.347 e. The van der Waals surface area contributed by atoms with Gasteiger partial charge >= 0.3 is 0 Å². The van der Waals surface area contributed by atoms with Crippen molar-refractivity contribution in [2.75, 3.05) is 19.4 Å². The number of carbonyl (C=O) groups is 1. The van der Waals surface area contributed by atoms with Crippen LogP contribution < -0.4 is 5.32 Å². The van der Waals surface area contributed by atoms with Crippen molar-refractivity contribution in [3.05, 3.63) is 53.1 Å². The zero-order valence-electron chi connectivity index (χ0n) is 14.2. The highest BCUT2D eigenvalue weighted by atomic mass is 35.5. The van der Waals surface area contributed by atoms with E-state index in [-0.39, 0.29) is 17.5 Å². The summed E-state index contributed by atoms with van der Waals surface area (Å²) in [5.41, 5.74) is 2.16. The number of amides is 1. The molecular formula is C18H18ClFN4O. The molecule has 7 heteroatoms. The highest BCUT2D eigenvalue weighted by molar-refractivity contribution is 6.33. The van der Waals surface area contributed by atoms with Crippen LogP contribution in [0.4, 0.5) is 15.9 Å². The van der Waals surface area contributed by atoms with Crippen molar-refractivity contribution < 1.29 is 9.18 Å². The van der Waals surface area contributed by atoms with E-state index in [1.807, 2.05) is 29.8 Å². The fourth-order valence-electron chi connectivity index (χ4n) is 2.57. The van der Waals surface area contributed by atoms with Crippen molar-refractivity contribution in [1.82, 2.24) is 14.5 Å². The average molecular weight is 361 g/mol. The number of aryl methyl sites for hydroxylation is 1. The summed E-state index contributed by atoms with van der Waals surface area (Å²) in [6, 6.07) is 6.70. The third-order valence-electron chi connectivity index (χ3n) is 4.05. The Hall–Kier alpha value is -2.60. The summed E-state index contributed by atoms with van der Waals surface area (Å²) in [5, 5.41) is 3.98. The second kappa shape index (κ2) is 6.72. The molecule has 2 heterocycles. The Balaban J connectivity index is 2.00. The summed E-state index contributed by atoms with van der Waals surface area (Å²) in [7, 11) is 3.44. The highest BCUT2D eigenvalue weighted by Gasteiger charge is 2.14. The average Bonchev–Trinajstić information content (AvgIpc) is 2.99. The van der Waals surface area contributed by atoms with E-state index in [9.17, 15) is 9.18 Å². The number of anilines is 2. The number of nitrogens with zero attached hydrogens (tertiary/aromatic N) is 3. The Morgan fingerprint density at radius 2 is 2.08 bits per heavy atom. The molecule has 0 fully saturated rings. The number of rotatable bonds is 4. The molecule has 0 saturated carbocycles. The zero-order valence-corrected chi connectivity index (χ0v) is 14.9. The van der Waals surface area contributed by atoms with Crippen LogP contribution in [-0.4, -0.2) is 34.5 Å². The molecule has 130 valence electrons. The van der Waals surface area contributed by atoms with Crippen LogP contribution in [0.15, 0.2) is 36.7 Å². The molecule has 0 aliphatic heterocycles. The van der Waals surface area contributed by atoms with Gasteiger partial charge in [-0.25, -0.2) is 9.37 Å². The van der Waals surface area contributed by atoms with Crippen LogP contribution in [0.3, 0.4) is 0 Å². The van der Waals surface area contributed by atoms with Gasteiger partial charge in [0.25, 0.3) is 0 Å². The van der Waals surface area contributed by atoms with Gasteiger partial charge in [-0.1, -0.05) is 17.7 Å². The highest BCUT2D eigenvalue weighted by Crippen LogP contribution is 2.33. The molecular weight excluding hydrogens is 343 g/mol. The fraction of sp³-hybridized carbons (Fsp3) is 0.222. The van der Waals surface area contributed by atoms with Gasteiger partial charge < -0.3 is 14.8 Å². The van der Waals surface area contributed by atoms with E-state index in [1.165, 1.54) is 6.07 Å². The van der Waals surface area contributed by atoms with E-state index in [4.69, 9.17) is 11.6 Å². The minimum atomic E-state index is -0.490. The number of nitrogens with one attached hydrogen (secondary N) is 1. The Bertz CT molecular complexity index is 952. The lowest BCUT2D eigenvalue weighted by atomic mass is 10.2. The van der Waals surface area contributed by atoms with Gasteiger partial charge in [-0.2, -0.15) is 0 Å². The second-order valence-corrected chi connectivity index (χ2v) is 6.38. The van der Waals surface area contributed by atoms with E-state index in [2.05, 4.69) is 10.3 Å². The summed E-state index contributed by atoms with van der Waals surface area (Å²) in [6.07, 6.45) is 3.48. The van der Waals surface area contributed by atoms with E-state index in [0.29, 0.717) is 11.5 Å². The Morgan fingerprint density at radius 1 is 1.32 bits per heavy atom. The molecule has 0 bridgehead atoms. The first kappa shape index (κ1) is 17.2. The Kier molecular flexibility index (Phi) is 4.63. The quantitative estimate of drug-likeness (QED) is 0.766. The Labute approximate surface area is 150 Å². The van der Waals surface area contributed by atoms with Crippen molar-refractivity contribution in [3.63, 3.8) is 0 Å². The predicted octanol–water partition coefficient (Wildman–Crippen LogP) is 3.97. The van der Waals surface area contributed by atoms with E-state index >= 15 is 0 Å². The maximum Gasteiger partial charge on any atom is 0.241 e. The van der Waals surface area contributed by atoms with E-state index in [1.54, 1.807) is 31.3 Å². The van der Waals surface area contributed by atoms with Gasteiger partial charge in [0.15, 0.2) is 0 Å². The van der Waals surface area contributed by atoms with E-state index < -0.39 is 5.82 Å². The number of benzene rings is 1. The molecule has 3 aromatic rings. The van der Waals surface area contributed by atoms with Crippen LogP contribution in [0.5, 0.6) is 0 Å². The van der Waals surface area contributed by atoms with Gasteiger partial charge in [-0.3, -0.25) is 4.79 Å². The minimum Gasteiger partial charge on any atom is -0.347 e. The van der Waals surface area contributed by atoms with Crippen molar-refractivity contribution in [1.29, 1.82) is 0 Å². The van der Waals surface area contributed by atoms with Gasteiger partial charge in [0, 0.05) is 31.9 Å². The second-order valence-electron chi connectivity index (χ2n) is 6.00. The molecule has 25 heavy (non-hydrogen) atoms. The third-order valence-corrected chi connectivity index (χ3v) is 4.42. The maximum absolute atomic E-state index is 13.8. The first-order valence-electron chi connectivity index (χ1n) is 7.74. The summed E-state index contributed by atoms with van der Waals surface area (Å²) < 4.78 is 15.6. The molecule has 1 amide bonds. The molecule has 1 aromatic carbocycles. The SMILES string of the molecule is Cc1ccc(F)c(Cl)c1Nc1nccc2c1ccn2CC(=O)N(C)C. The monoisotopic (exact) mass is 360 g/mol. The molecule has 0 unspecified atom stereocenters. The lowest BCUT2D eigenvalue weighted by Crippen LogP contribution is -2.25. The predicted molar refractivity (Wildman–Crippen MR) is 97.9 cm³/mol. The molecule has 0 spiro atoms. The van der Waals surface area contributed by atoms with Crippen molar-refractivity contribution in [3.8, 4) is 0 Å². The lowest BCUT2D eigenvalue weighted by Gasteiger charge is -2.13. The molecule has 3 rings (SSSR count). The minimum absolute atomic E-state index is 0.00663. The van der Waals surface area contributed by atoms with Crippen LogP contribution in [0, 0.1) is 12.7 Å². The van der Waals surface area contributed by atoms with Crippen LogP contribution >= 0.6 is 11.6 Å². The molecule has 0 saturated heterocycles. The lowest BCUT2D eigenvalue weighted by molar-refractivity contribution is -0.129. The zero-order chi connectivity index (χ0) is 18.1. The topological polar surface area (TPSA) is 50.2 Å². The molecule has 1 N–H and O–H groups in total. The number of fused-ring (bicyclic) bond motifs is 1. The van der Waals surface area contributed by atoms with Gasteiger partial charge in [-0.15, -0.1) is 0 Å². The molecule has 2 aromatic heterocycles. The smallest absolute Gasteiger partial charge is 0.241 e. The molecule has 0 atom stereocenters. The molecule has 5 nitrogen and oxygen atoms in total. The van der Waals surface area contributed by atoms with Crippen molar-refractivity contribution >= 4 is 39.9 Å². The first-order chi connectivity index (χ1) is 11.9. The number of pyridine rings is 1. The van der Waals surface area contributed by atoms with Crippen LogP contribution in [0.2, 0.25) is 5.02 Å². The normalized spacial score (nSPS) is 10.9. The van der Waals surface area contributed by atoms with E-state index in [0.717, 1.165) is 16.5 Å². The van der Waals surface area contributed by atoms with Crippen LogP contribution in [0.1, 0.15) is 5.56 Å². The number of aromatic nitrogens is 2. The van der Waals surface area contributed by atoms with Crippen molar-refractivity contribution in [2.24, 2.45) is 0 Å². The first-order valence-corrected chi connectivity index (χ1v) is 8.12. The number of hydrogen-bond donors (Lipinski definition) is 1. The number of likely N-dealkylation sites (N-methyl/N-ethyl adjacent to an activating group) is 1. The maximum atomic E-state index is 13.8. The van der Waals surface area contributed by atoms with Crippen LogP contribution in [0.25, 0.3) is 10.9 Å². The Morgan fingerprint density at radius 3 is 2.80 bits per heavy atom. The summed E-state index contributed by atoms with van der Waals surface area (Å²) in [4.78, 5) is 17.9. The fourth-order valence-corrected chi connectivity index (χ4v) is 2.83.